The smallest absolute Gasteiger partial charge is 0.113 e. The maximum Gasteiger partial charge on any atom is 0.113 e. The SMILES string of the molecule is [2H]C([2H])([2H])c1cc[c-]c(-c2cc[c]([Ge]([CH3])([CH3])[CH3])cn2)c1F.[2H]C([2H])([2H])c1ccc2c(n1)sc1cc[c-]c(-c3nc4ccnc(C)c4n3-c3c(C(C)C)cc(-c4ccccc4)cc3C(C)C)c12.[Ir]. The van der Waals surface area contributed by atoms with Gasteiger partial charge in [0.05, 0.1) is 22.6 Å². The molecule has 4 aromatic carbocycles. The molecule has 5 aromatic heterocycles. The molecule has 0 aliphatic heterocycles. The Balaban J connectivity index is 0.000000255. The summed E-state index contributed by atoms with van der Waals surface area (Å²) in [7, 11) is 0. The third-order valence-electron chi connectivity index (χ3n) is 10.8. The molecule has 0 bridgehead atoms. The first-order valence-electron chi connectivity index (χ1n) is 23.1. The second-order valence-corrected chi connectivity index (χ2v) is 28.4. The van der Waals surface area contributed by atoms with E-state index in [1.54, 1.807) is 18.3 Å². The zero-order valence-electron chi connectivity index (χ0n) is 41.4. The first kappa shape index (κ1) is 36.8. The van der Waals surface area contributed by atoms with Crippen LogP contribution in [0.1, 0.15) is 75.8 Å². The van der Waals surface area contributed by atoms with Crippen LogP contribution >= 0.6 is 11.3 Å². The van der Waals surface area contributed by atoms with Crippen molar-refractivity contribution in [3.8, 4) is 39.5 Å². The summed E-state index contributed by atoms with van der Waals surface area (Å²) < 4.78 is 64.6. The van der Waals surface area contributed by atoms with Crippen LogP contribution in [0, 0.1) is 38.6 Å². The van der Waals surface area contributed by atoms with Crippen molar-refractivity contribution in [3.05, 3.63) is 155 Å². The number of fused-ring (bicyclic) bond motifs is 4. The van der Waals surface area contributed by atoms with Crippen molar-refractivity contribution in [1.29, 1.82) is 0 Å². The molecule has 0 unspecified atom stereocenters. The van der Waals surface area contributed by atoms with Crippen LogP contribution in [-0.2, 0) is 20.1 Å². The van der Waals surface area contributed by atoms with Gasteiger partial charge in [0.1, 0.15) is 4.83 Å². The third-order valence-corrected chi connectivity index (χ3v) is 16.1. The molecule has 0 aliphatic rings. The molecule has 311 valence electrons. The molecule has 0 spiro atoms. The van der Waals surface area contributed by atoms with Crippen LogP contribution in [0.25, 0.3) is 70.8 Å². The summed E-state index contributed by atoms with van der Waals surface area (Å²) in [6, 6.07) is 37.3. The zero-order valence-corrected chi connectivity index (χ0v) is 40.7. The van der Waals surface area contributed by atoms with Crippen molar-refractivity contribution >= 4 is 60.3 Å². The van der Waals surface area contributed by atoms with Gasteiger partial charge in [-0.2, -0.15) is 0 Å². The van der Waals surface area contributed by atoms with Crippen LogP contribution in [0.2, 0.25) is 17.3 Å². The molecule has 9 heteroatoms. The van der Waals surface area contributed by atoms with Crippen molar-refractivity contribution in [2.75, 3.05) is 0 Å². The fourth-order valence-corrected chi connectivity index (χ4v) is 10.9. The molecule has 5 heterocycles. The number of nitrogens with zero attached hydrogens (tertiary/aromatic N) is 5. The van der Waals surface area contributed by atoms with E-state index in [1.807, 2.05) is 43.5 Å². The van der Waals surface area contributed by atoms with E-state index in [4.69, 9.17) is 18.2 Å². The summed E-state index contributed by atoms with van der Waals surface area (Å²) in [6.07, 6.45) is 3.58. The zero-order chi connectivity index (χ0) is 47.5. The van der Waals surface area contributed by atoms with E-state index in [0.29, 0.717) is 10.5 Å². The second kappa shape index (κ2) is 17.9. The molecule has 5 nitrogen and oxygen atoms in total. The molecule has 0 saturated carbocycles. The standard InChI is InChI=1S/C37H33N4S.C15H17FGeN.Ir/c1-21(2)29-19-26(25-11-8-7-9-12-25)20-30(22(3)4)35(29)41-34-24(6)38-18-17-31(34)40-36(41)27-13-10-14-32-33(27)28-16-15-23(5)39-37(28)42-32;1-11-6-5-7-13(15(11)16)14-9-8-12(10-18-14)17(2,3)4;/h7-12,14-22H,1-6H3;5-6,8-10H,1-4H3;/q2*-1;/i5D3;1D3;. The molecular formula is C52H50FGeIrN5S-2. The average molecular weight is 1070 g/mol. The maximum absolute atomic E-state index is 14.4. The minimum absolute atomic E-state index is 0. The van der Waals surface area contributed by atoms with Crippen molar-refractivity contribution in [3.63, 3.8) is 0 Å². The van der Waals surface area contributed by atoms with Gasteiger partial charge in [-0.1, -0.05) is 75.0 Å². The fourth-order valence-electron chi connectivity index (χ4n) is 7.66. The summed E-state index contributed by atoms with van der Waals surface area (Å²) in [5, 5.41) is 1.87. The van der Waals surface area contributed by atoms with Crippen LogP contribution < -0.4 is 4.40 Å². The molecule has 0 saturated heterocycles. The Morgan fingerprint density at radius 1 is 0.787 bits per heavy atom. The van der Waals surface area contributed by atoms with Gasteiger partial charge in [-0.05, 0) is 82.2 Å². The Morgan fingerprint density at radius 3 is 2.16 bits per heavy atom. The van der Waals surface area contributed by atoms with E-state index in [0.717, 1.165) is 49.3 Å². The van der Waals surface area contributed by atoms with E-state index in [-0.39, 0.29) is 48.8 Å². The largest absolute Gasteiger partial charge is 0.331 e. The number of aryl methyl sites for hydroxylation is 3. The van der Waals surface area contributed by atoms with Crippen molar-refractivity contribution in [1.82, 2.24) is 24.5 Å². The average Bonchev–Trinajstić information content (AvgIpc) is 3.85. The fraction of sp³-hybridized carbons (Fsp3) is 0.231. The second-order valence-electron chi connectivity index (χ2n) is 16.7. The minimum Gasteiger partial charge on any atom is -0.331 e. The topological polar surface area (TPSA) is 56.5 Å². The van der Waals surface area contributed by atoms with Crippen molar-refractivity contribution in [2.45, 2.75) is 77.4 Å². The van der Waals surface area contributed by atoms with Gasteiger partial charge in [0, 0.05) is 41.8 Å². The van der Waals surface area contributed by atoms with Gasteiger partial charge in [0.2, 0.25) is 0 Å². The van der Waals surface area contributed by atoms with Gasteiger partial charge >= 0.3 is 114 Å². The normalized spacial score (nSPS) is 13.6. The molecule has 0 amide bonds. The number of halogens is 1. The predicted octanol–water partition coefficient (Wildman–Crippen LogP) is 13.7. The Bertz CT molecular complexity index is 3220. The van der Waals surface area contributed by atoms with Crippen LogP contribution in [0.3, 0.4) is 0 Å². The van der Waals surface area contributed by atoms with Crippen LogP contribution in [0.5, 0.6) is 0 Å². The summed E-state index contributed by atoms with van der Waals surface area (Å²) in [5.41, 5.74) is 9.88. The number of hydrogen-bond acceptors (Lipinski definition) is 5. The molecule has 0 atom stereocenters. The molecule has 0 N–H and O–H groups in total. The van der Waals surface area contributed by atoms with Crippen LogP contribution in [0.15, 0.2) is 109 Å². The molecule has 0 fully saturated rings. The number of thiophene rings is 1. The Morgan fingerprint density at radius 2 is 1.51 bits per heavy atom. The Labute approximate surface area is 387 Å². The van der Waals surface area contributed by atoms with Gasteiger partial charge in [-0.25, -0.2) is 4.98 Å². The number of pyridine rings is 3. The molecule has 1 radical (unpaired) electrons. The van der Waals surface area contributed by atoms with Crippen molar-refractivity contribution < 1.29 is 32.7 Å². The van der Waals surface area contributed by atoms with E-state index >= 15 is 0 Å². The van der Waals surface area contributed by atoms with Gasteiger partial charge in [0.25, 0.3) is 0 Å². The maximum atomic E-state index is 14.4. The van der Waals surface area contributed by atoms with Crippen molar-refractivity contribution in [2.24, 2.45) is 0 Å². The van der Waals surface area contributed by atoms with Crippen LogP contribution in [-0.4, -0.2) is 37.8 Å². The first-order valence-corrected chi connectivity index (χ1v) is 28.3. The van der Waals surface area contributed by atoms with E-state index < -0.39 is 32.8 Å². The minimum atomic E-state index is -2.48. The predicted molar refractivity (Wildman–Crippen MR) is 253 cm³/mol. The number of imidazole rings is 1. The molecular weight excluding hydrogens is 1010 g/mol. The summed E-state index contributed by atoms with van der Waals surface area (Å²) >= 11 is -0.468. The number of rotatable bonds is 7. The number of hydrogen-bond donors (Lipinski definition) is 0. The number of aromatic nitrogens is 5. The van der Waals surface area contributed by atoms with Gasteiger partial charge in [-0.15, -0.1) is 29.5 Å². The molecule has 61 heavy (non-hydrogen) atoms. The van der Waals surface area contributed by atoms with E-state index in [1.165, 1.54) is 50.1 Å². The molecule has 0 aliphatic carbocycles. The van der Waals surface area contributed by atoms with E-state index in [2.05, 4.69) is 114 Å². The Hall–Kier alpha value is -4.86. The summed E-state index contributed by atoms with van der Waals surface area (Å²) in [5.74, 6) is 7.22. The third kappa shape index (κ3) is 8.65. The van der Waals surface area contributed by atoms with E-state index in [9.17, 15) is 4.39 Å². The summed E-state index contributed by atoms with van der Waals surface area (Å²) in [4.78, 5) is 19.6. The molecule has 9 rings (SSSR count). The first-order chi connectivity index (χ1) is 31.1. The molecule has 9 aromatic rings. The van der Waals surface area contributed by atoms with Gasteiger partial charge < -0.3 is 4.57 Å². The van der Waals surface area contributed by atoms with Crippen LogP contribution in [0.4, 0.5) is 4.39 Å². The Kier molecular flexibility index (Phi) is 10.8. The monoisotopic (exact) mass is 1070 g/mol. The van der Waals surface area contributed by atoms with Gasteiger partial charge in [-0.3, -0.25) is 9.97 Å². The number of benzene rings is 4. The quantitative estimate of drug-likeness (QED) is 0.118. The van der Waals surface area contributed by atoms with Gasteiger partial charge in [0.15, 0.2) is 0 Å². The summed E-state index contributed by atoms with van der Waals surface area (Å²) in [6.45, 7) is 6.27.